The molecule has 1 aliphatic heterocycles. The molecule has 0 aromatic rings. The van der Waals surface area contributed by atoms with Gasteiger partial charge in [0.1, 0.15) is 0 Å². The highest BCUT2D eigenvalue weighted by molar-refractivity contribution is 6.35. The smallest absolute Gasteiger partial charge is 0.312 e. The van der Waals surface area contributed by atoms with Crippen LogP contribution in [-0.4, -0.2) is 51.1 Å². The first-order valence-corrected chi connectivity index (χ1v) is 7.36. The van der Waals surface area contributed by atoms with Crippen LogP contribution in [0.25, 0.3) is 0 Å². The summed E-state index contributed by atoms with van der Waals surface area (Å²) in [5.41, 5.74) is 4.28. The maximum atomic E-state index is 12.6. The average molecular weight is 299 g/mol. The van der Waals surface area contributed by atoms with Gasteiger partial charge in [-0.25, -0.2) is 0 Å². The van der Waals surface area contributed by atoms with Gasteiger partial charge in [0.25, 0.3) is 0 Å². The summed E-state index contributed by atoms with van der Waals surface area (Å²) in [6.45, 7) is 10.8. The van der Waals surface area contributed by atoms with Crippen LogP contribution in [0.1, 0.15) is 54.4 Å². The summed E-state index contributed by atoms with van der Waals surface area (Å²) in [6, 6.07) is 0.0102. The number of hydrogen-bond acceptors (Lipinski definition) is 4. The van der Waals surface area contributed by atoms with Crippen molar-refractivity contribution in [2.45, 2.75) is 77.0 Å². The number of carbonyl (C=O) groups excluding carboxylic acids is 2. The van der Waals surface area contributed by atoms with Crippen LogP contribution in [0.2, 0.25) is 0 Å². The number of nitrogens with one attached hydrogen (secondary N) is 1. The van der Waals surface area contributed by atoms with E-state index >= 15 is 0 Å². The number of piperidine rings is 1. The van der Waals surface area contributed by atoms with Gasteiger partial charge in [0.15, 0.2) is 0 Å². The Hall–Kier alpha value is -1.14. The van der Waals surface area contributed by atoms with Crippen molar-refractivity contribution in [2.24, 2.45) is 5.73 Å². The highest BCUT2D eigenvalue weighted by Gasteiger charge is 2.48. The van der Waals surface area contributed by atoms with Crippen LogP contribution in [-0.2, 0) is 9.59 Å². The van der Waals surface area contributed by atoms with E-state index in [1.807, 2.05) is 27.7 Å². The number of carbonyl (C=O) groups is 2. The zero-order valence-corrected chi connectivity index (χ0v) is 14.0. The molecule has 1 saturated heterocycles. The monoisotopic (exact) mass is 299 g/mol. The lowest BCUT2D eigenvalue weighted by Gasteiger charge is -2.54. The van der Waals surface area contributed by atoms with Crippen LogP contribution in [0.5, 0.6) is 0 Å². The van der Waals surface area contributed by atoms with Gasteiger partial charge in [-0.1, -0.05) is 0 Å². The van der Waals surface area contributed by atoms with Crippen LogP contribution < -0.4 is 11.1 Å². The molecular formula is C15H29N3O3. The third-order valence-corrected chi connectivity index (χ3v) is 3.98. The minimum atomic E-state index is -0.826. The van der Waals surface area contributed by atoms with E-state index in [4.69, 9.17) is 5.73 Å². The van der Waals surface area contributed by atoms with Gasteiger partial charge in [-0.3, -0.25) is 9.59 Å². The van der Waals surface area contributed by atoms with Gasteiger partial charge in [-0.05, 0) is 54.4 Å². The third-order valence-electron chi connectivity index (χ3n) is 3.98. The molecule has 2 amide bonds. The molecule has 1 aliphatic rings. The zero-order valence-electron chi connectivity index (χ0n) is 14.0. The van der Waals surface area contributed by atoms with Crippen molar-refractivity contribution in [3.05, 3.63) is 0 Å². The van der Waals surface area contributed by atoms with Crippen LogP contribution in [0.15, 0.2) is 0 Å². The van der Waals surface area contributed by atoms with Crippen molar-refractivity contribution in [1.29, 1.82) is 0 Å². The molecule has 0 atom stereocenters. The minimum absolute atomic E-state index is 0.0102. The molecule has 1 fully saturated rings. The highest BCUT2D eigenvalue weighted by Crippen LogP contribution is 2.37. The lowest BCUT2D eigenvalue weighted by Crippen LogP contribution is -2.68. The maximum Gasteiger partial charge on any atom is 0.312 e. The molecule has 0 aliphatic carbocycles. The number of amides is 2. The van der Waals surface area contributed by atoms with Gasteiger partial charge in [-0.15, -0.1) is 0 Å². The Morgan fingerprint density at radius 2 is 1.67 bits per heavy atom. The number of aliphatic hydroxyl groups excluding tert-OH is 1. The molecule has 0 bridgehead atoms. The first kappa shape index (κ1) is 17.9. The van der Waals surface area contributed by atoms with Crippen molar-refractivity contribution in [3.63, 3.8) is 0 Å². The molecule has 21 heavy (non-hydrogen) atoms. The average Bonchev–Trinajstić information content (AvgIpc) is 2.23. The SMILES string of the molecule is CC(C)(CO)NC(=O)C(=O)N1C(C)(C)CC(N)CC1(C)C. The van der Waals surface area contributed by atoms with Crippen molar-refractivity contribution in [3.8, 4) is 0 Å². The molecule has 4 N–H and O–H groups in total. The molecule has 1 rings (SSSR count). The number of rotatable bonds is 2. The molecule has 0 spiro atoms. The fraction of sp³-hybridized carbons (Fsp3) is 0.867. The van der Waals surface area contributed by atoms with E-state index in [2.05, 4.69) is 5.32 Å². The summed E-state index contributed by atoms with van der Waals surface area (Å²) in [6.07, 6.45) is 1.30. The molecular weight excluding hydrogens is 270 g/mol. The van der Waals surface area contributed by atoms with E-state index in [1.165, 1.54) is 0 Å². The van der Waals surface area contributed by atoms with Gasteiger partial charge in [0.05, 0.1) is 12.1 Å². The minimum Gasteiger partial charge on any atom is -0.394 e. The van der Waals surface area contributed by atoms with Crippen LogP contribution in [0.3, 0.4) is 0 Å². The summed E-state index contributed by atoms with van der Waals surface area (Å²) >= 11 is 0. The van der Waals surface area contributed by atoms with Gasteiger partial charge < -0.3 is 21.1 Å². The van der Waals surface area contributed by atoms with Crippen LogP contribution in [0, 0.1) is 0 Å². The Kier molecular flexibility index (Phi) is 4.75. The largest absolute Gasteiger partial charge is 0.394 e. The van der Waals surface area contributed by atoms with E-state index in [9.17, 15) is 14.7 Å². The van der Waals surface area contributed by atoms with E-state index in [0.29, 0.717) is 12.8 Å². The number of nitrogens with two attached hydrogens (primary N) is 1. The number of likely N-dealkylation sites (tertiary alicyclic amines) is 1. The van der Waals surface area contributed by atoms with Gasteiger partial charge >= 0.3 is 11.8 Å². The zero-order chi connectivity index (χ0) is 16.6. The first-order chi connectivity index (χ1) is 9.32. The topological polar surface area (TPSA) is 95.7 Å². The highest BCUT2D eigenvalue weighted by atomic mass is 16.3. The van der Waals surface area contributed by atoms with Crippen molar-refractivity contribution in [1.82, 2.24) is 10.2 Å². The maximum absolute atomic E-state index is 12.6. The van der Waals surface area contributed by atoms with E-state index in [0.717, 1.165) is 0 Å². The second kappa shape index (κ2) is 5.57. The molecule has 0 unspecified atom stereocenters. The van der Waals surface area contributed by atoms with Crippen molar-refractivity contribution < 1.29 is 14.7 Å². The van der Waals surface area contributed by atoms with Gasteiger partial charge in [0.2, 0.25) is 0 Å². The quantitative estimate of drug-likeness (QED) is 0.642. The molecule has 0 radical (unpaired) electrons. The summed E-state index contributed by atoms with van der Waals surface area (Å²) < 4.78 is 0. The molecule has 122 valence electrons. The second-order valence-corrected chi connectivity index (χ2v) is 7.93. The predicted octanol–water partition coefficient (Wildman–Crippen LogP) is 0.380. The number of nitrogens with zero attached hydrogens (tertiary/aromatic N) is 1. The Morgan fingerprint density at radius 1 is 1.24 bits per heavy atom. The van der Waals surface area contributed by atoms with Crippen molar-refractivity contribution in [2.75, 3.05) is 6.61 Å². The molecule has 0 aromatic carbocycles. The lowest BCUT2D eigenvalue weighted by molar-refractivity contribution is -0.159. The summed E-state index contributed by atoms with van der Waals surface area (Å²) in [5.74, 6) is -1.26. The van der Waals surface area contributed by atoms with E-state index in [1.54, 1.807) is 18.7 Å². The van der Waals surface area contributed by atoms with Gasteiger partial charge in [0, 0.05) is 17.1 Å². The second-order valence-electron chi connectivity index (χ2n) is 7.93. The molecule has 1 heterocycles. The summed E-state index contributed by atoms with van der Waals surface area (Å²) in [4.78, 5) is 26.5. The Bertz CT molecular complexity index is 412. The fourth-order valence-electron chi connectivity index (χ4n) is 3.41. The van der Waals surface area contributed by atoms with Crippen molar-refractivity contribution >= 4 is 11.8 Å². The van der Waals surface area contributed by atoms with E-state index in [-0.39, 0.29) is 12.6 Å². The molecule has 0 saturated carbocycles. The number of hydrogen-bond donors (Lipinski definition) is 3. The third kappa shape index (κ3) is 3.95. The predicted molar refractivity (Wildman–Crippen MR) is 81.5 cm³/mol. The lowest BCUT2D eigenvalue weighted by atomic mass is 9.77. The van der Waals surface area contributed by atoms with Crippen LogP contribution >= 0.6 is 0 Å². The molecule has 6 heteroatoms. The Morgan fingerprint density at radius 3 is 2.05 bits per heavy atom. The van der Waals surface area contributed by atoms with Crippen LogP contribution in [0.4, 0.5) is 0 Å². The molecule has 6 nitrogen and oxygen atoms in total. The summed E-state index contributed by atoms with van der Waals surface area (Å²) in [5, 5.41) is 11.8. The standard InChI is InChI=1S/C15H29N3O3/c1-13(2,9-19)17-11(20)12(21)18-14(3,4)7-10(16)8-15(18,5)6/h10,19H,7-9,16H2,1-6H3,(H,17,20). The fourth-order valence-corrected chi connectivity index (χ4v) is 3.41. The Labute approximate surface area is 127 Å². The number of aliphatic hydroxyl groups is 1. The Balaban J connectivity index is 3.01. The normalized spacial score (nSPS) is 22.0. The molecule has 0 aromatic heterocycles. The summed E-state index contributed by atoms with van der Waals surface area (Å²) in [7, 11) is 0. The van der Waals surface area contributed by atoms with Gasteiger partial charge in [-0.2, -0.15) is 0 Å². The van der Waals surface area contributed by atoms with E-state index < -0.39 is 28.4 Å². The first-order valence-electron chi connectivity index (χ1n) is 7.36.